The van der Waals surface area contributed by atoms with Gasteiger partial charge in [-0.25, -0.2) is 4.98 Å². The zero-order valence-corrected chi connectivity index (χ0v) is 15.6. The van der Waals surface area contributed by atoms with Crippen LogP contribution in [0.4, 0.5) is 0 Å². The first-order valence-electron chi connectivity index (χ1n) is 7.66. The first-order valence-corrected chi connectivity index (χ1v) is 12.2. The highest BCUT2D eigenvalue weighted by Crippen LogP contribution is 2.43. The molecule has 0 aromatic carbocycles. The molecule has 3 rings (SSSR count). The molecule has 5 heteroatoms. The first-order chi connectivity index (χ1) is 9.94. The second-order valence-electron chi connectivity index (χ2n) is 7.20. The van der Waals surface area contributed by atoms with Crippen LogP contribution in [-0.4, -0.2) is 24.2 Å². The predicted octanol–water partition coefficient (Wildman–Crippen LogP) is 4.99. The number of halogens is 1. The van der Waals surface area contributed by atoms with Crippen LogP contribution >= 0.6 is 15.9 Å². The molecule has 1 fully saturated rings. The summed E-state index contributed by atoms with van der Waals surface area (Å²) in [6.45, 7) is 8.61. The third-order valence-corrected chi connectivity index (χ3v) is 6.09. The molecule has 0 bridgehead atoms. The molecule has 3 nitrogen and oxygen atoms in total. The summed E-state index contributed by atoms with van der Waals surface area (Å²) in [5.74, 6) is 0.729. The molecule has 0 atom stereocenters. The van der Waals surface area contributed by atoms with Gasteiger partial charge in [-0.1, -0.05) is 19.6 Å². The second-order valence-corrected chi connectivity index (χ2v) is 13.7. The van der Waals surface area contributed by atoms with Crippen LogP contribution in [-0.2, 0) is 11.5 Å². The maximum Gasteiger partial charge on any atom is 0.142 e. The van der Waals surface area contributed by atoms with Crippen LogP contribution in [0.2, 0.25) is 25.7 Å². The highest BCUT2D eigenvalue weighted by atomic mass is 79.9. The summed E-state index contributed by atoms with van der Waals surface area (Å²) in [6, 6.07) is 3.40. The topological polar surface area (TPSA) is 27.1 Å². The van der Waals surface area contributed by atoms with E-state index >= 15 is 0 Å². The van der Waals surface area contributed by atoms with Crippen molar-refractivity contribution in [3.8, 4) is 0 Å². The summed E-state index contributed by atoms with van der Waals surface area (Å²) in [7, 11) is -1.02. The van der Waals surface area contributed by atoms with Gasteiger partial charge in [-0.05, 0) is 52.4 Å². The van der Waals surface area contributed by atoms with Crippen molar-refractivity contribution in [2.75, 3.05) is 6.61 Å². The summed E-state index contributed by atoms with van der Waals surface area (Å²) in [6.07, 6.45) is 6.73. The normalized spacial score (nSPS) is 15.8. The molecular formula is C16H23BrN2OSi. The number of rotatable bonds is 6. The SMILES string of the molecule is C[Si](C)(C)CCOCn1cc(C2CC2)c2cc(Br)cnc21. The van der Waals surface area contributed by atoms with Gasteiger partial charge in [0.05, 0.1) is 0 Å². The standard InChI is InChI=1S/C16H23BrN2OSi/c1-21(2,3)7-6-20-11-19-10-15(12-4-5-12)14-8-13(17)9-18-16(14)19/h8-10,12H,4-7,11H2,1-3H3. The van der Waals surface area contributed by atoms with Gasteiger partial charge in [0.1, 0.15) is 12.4 Å². The average molecular weight is 367 g/mol. The minimum absolute atomic E-state index is 0.613. The van der Waals surface area contributed by atoms with Crippen molar-refractivity contribution in [1.29, 1.82) is 0 Å². The molecule has 1 aliphatic carbocycles. The molecule has 2 aromatic rings. The van der Waals surface area contributed by atoms with Gasteiger partial charge in [0, 0.05) is 36.9 Å². The van der Waals surface area contributed by atoms with Crippen molar-refractivity contribution in [3.05, 3.63) is 28.5 Å². The third-order valence-electron chi connectivity index (χ3n) is 3.96. The minimum Gasteiger partial charge on any atom is -0.361 e. The van der Waals surface area contributed by atoms with Crippen LogP contribution in [0.15, 0.2) is 22.9 Å². The second kappa shape index (κ2) is 5.86. The fraction of sp³-hybridized carbons (Fsp3) is 0.562. The van der Waals surface area contributed by atoms with E-state index in [0.717, 1.165) is 22.6 Å². The van der Waals surface area contributed by atoms with E-state index in [4.69, 9.17) is 4.74 Å². The Labute approximate surface area is 135 Å². The highest BCUT2D eigenvalue weighted by Gasteiger charge is 2.27. The molecule has 0 N–H and O–H groups in total. The van der Waals surface area contributed by atoms with Crippen molar-refractivity contribution < 1.29 is 4.74 Å². The van der Waals surface area contributed by atoms with Gasteiger partial charge in [-0.2, -0.15) is 0 Å². The summed E-state index contributed by atoms with van der Waals surface area (Å²) in [5.41, 5.74) is 2.49. The predicted molar refractivity (Wildman–Crippen MR) is 93.5 cm³/mol. The van der Waals surface area contributed by atoms with E-state index in [0.29, 0.717) is 6.73 Å². The molecule has 0 amide bonds. The van der Waals surface area contributed by atoms with E-state index in [2.05, 4.69) is 57.4 Å². The van der Waals surface area contributed by atoms with Gasteiger partial charge in [-0.3, -0.25) is 0 Å². The van der Waals surface area contributed by atoms with E-state index in [-0.39, 0.29) is 0 Å². The maximum absolute atomic E-state index is 5.89. The zero-order valence-electron chi connectivity index (χ0n) is 13.0. The van der Waals surface area contributed by atoms with E-state index < -0.39 is 8.07 Å². The molecule has 0 unspecified atom stereocenters. The Kier molecular flexibility index (Phi) is 4.25. The molecule has 0 aliphatic heterocycles. The largest absolute Gasteiger partial charge is 0.361 e. The van der Waals surface area contributed by atoms with Crippen molar-refractivity contribution >= 4 is 35.0 Å². The Morgan fingerprint density at radius 2 is 2.14 bits per heavy atom. The Bertz CT molecular complexity index is 643. The molecule has 21 heavy (non-hydrogen) atoms. The van der Waals surface area contributed by atoms with Crippen LogP contribution in [0.25, 0.3) is 11.0 Å². The smallest absolute Gasteiger partial charge is 0.142 e. The van der Waals surface area contributed by atoms with Crippen LogP contribution in [0, 0.1) is 0 Å². The number of aromatic nitrogens is 2. The van der Waals surface area contributed by atoms with Gasteiger partial charge in [0.25, 0.3) is 0 Å². The average Bonchev–Trinajstić information content (AvgIpc) is 3.17. The maximum atomic E-state index is 5.89. The van der Waals surface area contributed by atoms with Gasteiger partial charge in [0.2, 0.25) is 0 Å². The lowest BCUT2D eigenvalue weighted by molar-refractivity contribution is 0.0898. The number of nitrogens with zero attached hydrogens (tertiary/aromatic N) is 2. The summed E-state index contributed by atoms with van der Waals surface area (Å²) < 4.78 is 9.11. The van der Waals surface area contributed by atoms with Gasteiger partial charge < -0.3 is 9.30 Å². The molecule has 0 spiro atoms. The van der Waals surface area contributed by atoms with Crippen LogP contribution in [0.5, 0.6) is 0 Å². The molecule has 1 aliphatic rings. The summed E-state index contributed by atoms with van der Waals surface area (Å²) >= 11 is 3.53. The molecule has 2 aromatic heterocycles. The van der Waals surface area contributed by atoms with Crippen LogP contribution < -0.4 is 0 Å². The summed E-state index contributed by atoms with van der Waals surface area (Å²) in [4.78, 5) is 4.58. The lowest BCUT2D eigenvalue weighted by atomic mass is 10.1. The van der Waals surface area contributed by atoms with Gasteiger partial charge in [0.15, 0.2) is 0 Å². The van der Waals surface area contributed by atoms with Gasteiger partial charge in [-0.15, -0.1) is 0 Å². The molecule has 0 saturated heterocycles. The third kappa shape index (κ3) is 3.76. The van der Waals surface area contributed by atoms with Crippen molar-refractivity contribution in [2.24, 2.45) is 0 Å². The molecule has 1 saturated carbocycles. The minimum atomic E-state index is -1.02. The molecule has 2 heterocycles. The zero-order chi connectivity index (χ0) is 15.0. The monoisotopic (exact) mass is 366 g/mol. The number of fused-ring (bicyclic) bond motifs is 1. The lowest BCUT2D eigenvalue weighted by Crippen LogP contribution is -2.22. The highest BCUT2D eigenvalue weighted by molar-refractivity contribution is 9.10. The number of hydrogen-bond acceptors (Lipinski definition) is 2. The molecule has 0 radical (unpaired) electrons. The number of ether oxygens (including phenoxy) is 1. The fourth-order valence-corrected chi connectivity index (χ4v) is 3.62. The molecular weight excluding hydrogens is 344 g/mol. The van der Waals surface area contributed by atoms with Crippen LogP contribution in [0.1, 0.15) is 24.3 Å². The molecule has 114 valence electrons. The van der Waals surface area contributed by atoms with E-state index in [1.165, 1.54) is 29.8 Å². The summed E-state index contributed by atoms with van der Waals surface area (Å²) in [5, 5.41) is 1.28. The quantitative estimate of drug-likeness (QED) is 0.531. The number of pyridine rings is 1. The lowest BCUT2D eigenvalue weighted by Gasteiger charge is -2.15. The van der Waals surface area contributed by atoms with Crippen LogP contribution in [0.3, 0.4) is 0 Å². The Morgan fingerprint density at radius 1 is 1.38 bits per heavy atom. The fourth-order valence-electron chi connectivity index (χ4n) is 2.53. The van der Waals surface area contributed by atoms with E-state index in [1.807, 2.05) is 6.20 Å². The van der Waals surface area contributed by atoms with Crippen molar-refractivity contribution in [2.45, 2.75) is 51.2 Å². The Hall–Kier alpha value is -0.653. The van der Waals surface area contributed by atoms with Crippen molar-refractivity contribution in [1.82, 2.24) is 9.55 Å². The first kappa shape index (κ1) is 15.3. The number of hydrogen-bond donors (Lipinski definition) is 0. The van der Waals surface area contributed by atoms with E-state index in [9.17, 15) is 0 Å². The van der Waals surface area contributed by atoms with E-state index in [1.54, 1.807) is 0 Å². The Morgan fingerprint density at radius 3 is 2.81 bits per heavy atom. The Balaban J connectivity index is 1.76. The van der Waals surface area contributed by atoms with Crippen molar-refractivity contribution in [3.63, 3.8) is 0 Å². The van der Waals surface area contributed by atoms with Gasteiger partial charge >= 0.3 is 0 Å².